The van der Waals surface area contributed by atoms with Gasteiger partial charge in [-0.25, -0.2) is 0 Å². The number of benzene rings is 2. The zero-order valence-electron chi connectivity index (χ0n) is 14.7. The van der Waals surface area contributed by atoms with Crippen molar-refractivity contribution in [1.29, 1.82) is 0 Å². The standard InChI is InChI=1S/C19H16N4O5/c24-18(13-5-4-8-16(11-13)23(26)27)21(14-9-10-14)12-17-19(25)28-20-22(17)15-6-2-1-3-7-15/h1-8,11,14H,9-10,12H2. The molecule has 1 aromatic heterocycles. The van der Waals surface area contributed by atoms with Crippen LogP contribution < -0.4 is 9.79 Å². The number of aromatic nitrogens is 2. The molecule has 0 N–H and O–H groups in total. The van der Waals surface area contributed by atoms with Gasteiger partial charge >= 0.3 is 0 Å². The maximum absolute atomic E-state index is 13.0. The second-order valence-electron chi connectivity index (χ2n) is 6.53. The highest BCUT2D eigenvalue weighted by atomic mass is 16.6. The predicted molar refractivity (Wildman–Crippen MR) is 93.5 cm³/mol. The van der Waals surface area contributed by atoms with E-state index < -0.39 is 10.9 Å². The van der Waals surface area contributed by atoms with E-state index in [0.717, 1.165) is 12.8 Å². The van der Waals surface area contributed by atoms with Gasteiger partial charge in [-0.05, 0) is 23.6 Å². The molecule has 1 heterocycles. The number of hydrogen-bond acceptors (Lipinski definition) is 6. The maximum Gasteiger partial charge on any atom is 0.270 e. The second-order valence-corrected chi connectivity index (χ2v) is 6.53. The Balaban J connectivity index is 1.66. The summed E-state index contributed by atoms with van der Waals surface area (Å²) in [6.07, 6.45) is 1.62. The zero-order chi connectivity index (χ0) is 19.7. The Hall–Kier alpha value is -3.75. The summed E-state index contributed by atoms with van der Waals surface area (Å²) < 4.78 is 6.19. The van der Waals surface area contributed by atoms with E-state index in [0.29, 0.717) is 5.69 Å². The van der Waals surface area contributed by atoms with Gasteiger partial charge in [-0.2, -0.15) is 0 Å². The van der Waals surface area contributed by atoms with E-state index in [2.05, 4.69) is 5.27 Å². The number of rotatable bonds is 6. The highest BCUT2D eigenvalue weighted by Crippen LogP contribution is 2.31. The van der Waals surface area contributed by atoms with E-state index in [-0.39, 0.29) is 35.4 Å². The number of nitro groups is 1. The van der Waals surface area contributed by atoms with Crippen LogP contribution >= 0.6 is 0 Å². The van der Waals surface area contributed by atoms with Crippen LogP contribution in [0.3, 0.4) is 0 Å². The lowest BCUT2D eigenvalue weighted by atomic mass is 10.1. The number of nitrogens with zero attached hydrogens (tertiary/aromatic N) is 4. The first-order chi connectivity index (χ1) is 13.5. The van der Waals surface area contributed by atoms with Gasteiger partial charge in [-0.3, -0.25) is 14.9 Å². The summed E-state index contributed by atoms with van der Waals surface area (Å²) in [4.78, 5) is 25.0. The van der Waals surface area contributed by atoms with Crippen LogP contribution in [-0.4, -0.2) is 27.0 Å². The molecule has 0 atom stereocenters. The lowest BCUT2D eigenvalue weighted by Gasteiger charge is -2.20. The average molecular weight is 380 g/mol. The third-order valence-corrected chi connectivity index (χ3v) is 4.57. The highest BCUT2D eigenvalue weighted by Gasteiger charge is 2.36. The highest BCUT2D eigenvalue weighted by molar-refractivity contribution is 5.95. The molecule has 0 bridgehead atoms. The fourth-order valence-corrected chi connectivity index (χ4v) is 3.00. The quantitative estimate of drug-likeness (QED) is 0.365. The van der Waals surface area contributed by atoms with Crippen molar-refractivity contribution in [2.24, 2.45) is 0 Å². The molecule has 1 fully saturated rings. The van der Waals surface area contributed by atoms with Crippen LogP contribution in [0.15, 0.2) is 59.1 Å². The largest absolute Gasteiger partial charge is 0.539 e. The van der Waals surface area contributed by atoms with Gasteiger partial charge in [0, 0.05) is 35.9 Å². The van der Waals surface area contributed by atoms with Gasteiger partial charge in [-0.1, -0.05) is 24.3 Å². The average Bonchev–Trinajstić information content (AvgIpc) is 3.49. The summed E-state index contributed by atoms with van der Waals surface area (Å²) in [5.41, 5.74) is 0.908. The topological polar surface area (TPSA) is 116 Å². The van der Waals surface area contributed by atoms with Crippen molar-refractivity contribution in [2.75, 3.05) is 0 Å². The molecule has 3 aromatic rings. The Morgan fingerprint density at radius 3 is 2.64 bits per heavy atom. The number of non-ortho nitro benzene ring substituents is 1. The van der Waals surface area contributed by atoms with E-state index in [1.165, 1.54) is 28.9 Å². The molecule has 1 saturated carbocycles. The molecule has 0 saturated heterocycles. The molecular formula is C19H16N4O5. The van der Waals surface area contributed by atoms with Gasteiger partial charge in [0.25, 0.3) is 17.3 Å². The number of carbonyl (C=O) groups excluding carboxylic acids is 1. The first-order valence-corrected chi connectivity index (χ1v) is 8.73. The summed E-state index contributed by atoms with van der Waals surface area (Å²) in [6.45, 7) is 0.00339. The fourth-order valence-electron chi connectivity index (χ4n) is 3.00. The van der Waals surface area contributed by atoms with Gasteiger partial charge < -0.3 is 14.5 Å². The maximum atomic E-state index is 13.0. The van der Waals surface area contributed by atoms with E-state index in [1.807, 2.05) is 6.07 Å². The normalized spacial score (nSPS) is 13.3. The van der Waals surface area contributed by atoms with Crippen LogP contribution in [-0.2, 0) is 6.54 Å². The Labute approximate surface area is 159 Å². The van der Waals surface area contributed by atoms with Gasteiger partial charge in [0.15, 0.2) is 5.95 Å². The monoisotopic (exact) mass is 380 g/mol. The number of carbonyl (C=O) groups is 1. The Morgan fingerprint density at radius 1 is 1.21 bits per heavy atom. The van der Waals surface area contributed by atoms with Crippen LogP contribution in [0.5, 0.6) is 5.95 Å². The van der Waals surface area contributed by atoms with E-state index in [9.17, 15) is 20.0 Å². The van der Waals surface area contributed by atoms with Crippen LogP contribution in [0.1, 0.15) is 28.9 Å². The molecule has 4 rings (SSSR count). The molecule has 142 valence electrons. The first-order valence-electron chi connectivity index (χ1n) is 8.73. The van der Waals surface area contributed by atoms with Gasteiger partial charge in [0.2, 0.25) is 5.69 Å². The van der Waals surface area contributed by atoms with Crippen molar-refractivity contribution in [3.05, 3.63) is 76.0 Å². The van der Waals surface area contributed by atoms with E-state index >= 15 is 0 Å². The Kier molecular flexibility index (Phi) is 4.48. The number of nitro benzene ring substituents is 1. The molecule has 0 radical (unpaired) electrons. The molecule has 9 heteroatoms. The molecule has 1 amide bonds. The third kappa shape index (κ3) is 3.41. The minimum atomic E-state index is -0.624. The van der Waals surface area contributed by atoms with Crippen molar-refractivity contribution in [2.45, 2.75) is 25.4 Å². The molecular weight excluding hydrogens is 364 g/mol. The van der Waals surface area contributed by atoms with Crippen molar-refractivity contribution in [3.8, 4) is 11.6 Å². The minimum Gasteiger partial charge on any atom is -0.539 e. The van der Waals surface area contributed by atoms with Crippen LogP contribution in [0, 0.1) is 10.1 Å². The molecule has 1 aliphatic carbocycles. The number of amides is 1. The van der Waals surface area contributed by atoms with Crippen LogP contribution in [0.2, 0.25) is 0 Å². The van der Waals surface area contributed by atoms with Gasteiger partial charge in [0.05, 0.1) is 10.2 Å². The van der Waals surface area contributed by atoms with Crippen LogP contribution in [0.25, 0.3) is 5.69 Å². The number of para-hydroxylation sites is 1. The van der Waals surface area contributed by atoms with E-state index in [4.69, 9.17) is 4.52 Å². The molecule has 0 aliphatic heterocycles. The summed E-state index contributed by atoms with van der Waals surface area (Å²) in [5.74, 6) is -0.993. The molecule has 0 unspecified atom stereocenters. The number of hydrogen-bond donors (Lipinski definition) is 0. The van der Waals surface area contributed by atoms with E-state index in [1.54, 1.807) is 29.2 Å². The molecule has 28 heavy (non-hydrogen) atoms. The molecule has 1 aliphatic rings. The van der Waals surface area contributed by atoms with Gasteiger partial charge in [-0.15, -0.1) is 0 Å². The first kappa shape index (κ1) is 17.7. The summed E-state index contributed by atoms with van der Waals surface area (Å²) in [7, 11) is 0. The third-order valence-electron chi connectivity index (χ3n) is 4.57. The minimum absolute atomic E-state index is 0.00339. The van der Waals surface area contributed by atoms with Crippen LogP contribution in [0.4, 0.5) is 5.69 Å². The smallest absolute Gasteiger partial charge is 0.270 e. The zero-order valence-corrected chi connectivity index (χ0v) is 14.7. The molecule has 9 nitrogen and oxygen atoms in total. The van der Waals surface area contributed by atoms with Crippen molar-refractivity contribution in [1.82, 2.24) is 10.2 Å². The Bertz CT molecular complexity index is 1030. The fraction of sp³-hybridized carbons (Fsp3) is 0.211. The SMILES string of the molecule is O=C(c1cccc([N+](=O)[O-])c1)N(Cc1c([O-])on[n+]1-c1ccccc1)C1CC1. The van der Waals surface area contributed by atoms with Crippen molar-refractivity contribution in [3.63, 3.8) is 0 Å². The predicted octanol–water partition coefficient (Wildman–Crippen LogP) is 1.74. The van der Waals surface area contributed by atoms with Crippen molar-refractivity contribution >= 4 is 11.6 Å². The summed E-state index contributed by atoms with van der Waals surface area (Å²) >= 11 is 0. The second kappa shape index (κ2) is 7.10. The summed E-state index contributed by atoms with van der Waals surface area (Å²) in [6, 6.07) is 14.5. The lowest BCUT2D eigenvalue weighted by molar-refractivity contribution is -0.678. The van der Waals surface area contributed by atoms with Crippen molar-refractivity contribution < 1.29 is 24.0 Å². The lowest BCUT2D eigenvalue weighted by Crippen LogP contribution is -2.42. The molecule has 0 spiro atoms. The van der Waals surface area contributed by atoms with Gasteiger partial charge in [0.1, 0.15) is 6.54 Å². The molecule has 2 aromatic carbocycles. The summed E-state index contributed by atoms with van der Waals surface area (Å²) in [5, 5.41) is 27.0. The Morgan fingerprint density at radius 2 is 1.96 bits per heavy atom.